The van der Waals surface area contributed by atoms with Crippen LogP contribution in [0.1, 0.15) is 211 Å². The van der Waals surface area contributed by atoms with Crippen molar-refractivity contribution in [1.29, 1.82) is 0 Å². The molecule has 15 aromatic rings. The molecule has 0 atom stereocenters. The Morgan fingerprint density at radius 1 is 0.153 bits per heavy atom. The number of phenolic OH excluding ortho intramolecular Hbond substituents is 6. The van der Waals surface area contributed by atoms with Gasteiger partial charge in [0.1, 0.15) is 23.0 Å². The number of benzene rings is 15. The summed E-state index contributed by atoms with van der Waals surface area (Å²) in [5, 5.41) is 52.5. The Morgan fingerprint density at radius 2 is 0.331 bits per heavy atom. The smallest absolute Gasteiger partial charge is 0.157 e. The Balaban J connectivity index is 0.000000213. The second-order valence-electron chi connectivity index (χ2n) is 31.9. The number of aromatic hydroxyl groups is 6. The molecular weight excluding hydrogens is 1510 g/mol. The van der Waals surface area contributed by atoms with Crippen molar-refractivity contribution >= 4 is 0 Å². The zero-order valence-corrected chi connectivity index (χ0v) is 77.9. The van der Waals surface area contributed by atoms with Gasteiger partial charge in [0.2, 0.25) is 0 Å². The summed E-state index contributed by atoms with van der Waals surface area (Å²) >= 11 is 0. The number of rotatable bonds is 0. The first-order valence-corrected chi connectivity index (χ1v) is 44.1. The van der Waals surface area contributed by atoms with E-state index in [1.165, 1.54) is 129 Å². The van der Waals surface area contributed by atoms with Crippen LogP contribution < -0.4 is 0 Å². The van der Waals surface area contributed by atoms with Crippen molar-refractivity contribution in [3.63, 3.8) is 0 Å². The maximum Gasteiger partial charge on any atom is 0.157 e. The summed E-state index contributed by atoms with van der Waals surface area (Å²) in [6.45, 7) is 48.8. The van der Waals surface area contributed by atoms with Crippen LogP contribution in [0, 0.1) is 20.8 Å². The van der Waals surface area contributed by atoms with Gasteiger partial charge in [-0.05, 0) is 198 Å². The highest BCUT2D eigenvalue weighted by molar-refractivity contribution is 5.84. The topological polar surface area (TPSA) is 121 Å². The zero-order chi connectivity index (χ0) is 91.4. The van der Waals surface area contributed by atoms with Gasteiger partial charge in [0, 0.05) is 27.1 Å². The lowest BCUT2D eigenvalue weighted by atomic mass is 9.82. The highest BCUT2D eigenvalue weighted by Crippen LogP contribution is 2.53. The molecule has 6 N–H and O–H groups in total. The van der Waals surface area contributed by atoms with Crippen LogP contribution in [-0.2, 0) is 27.1 Å². The maximum atomic E-state index is 8.92. The normalized spacial score (nSPS) is 12.7. The lowest BCUT2D eigenvalue weighted by Crippen LogP contribution is -2.14. The number of aryl methyl sites for hydroxylation is 3. The second kappa shape index (κ2) is 48.1. The van der Waals surface area contributed by atoms with E-state index in [9.17, 15) is 0 Å². The van der Waals surface area contributed by atoms with E-state index in [2.05, 4.69) is 312 Å². The fourth-order valence-electron chi connectivity index (χ4n) is 16.0. The van der Waals surface area contributed by atoms with Crippen molar-refractivity contribution in [2.24, 2.45) is 0 Å². The van der Waals surface area contributed by atoms with Gasteiger partial charge in [-0.2, -0.15) is 0 Å². The van der Waals surface area contributed by atoms with Gasteiger partial charge in [0.15, 0.2) is 11.5 Å². The molecule has 0 spiro atoms. The van der Waals surface area contributed by atoms with Gasteiger partial charge in [-0.15, -0.1) is 0 Å². The molecule has 0 aliphatic heterocycles. The van der Waals surface area contributed by atoms with E-state index in [1.807, 2.05) is 139 Å². The van der Waals surface area contributed by atoms with Gasteiger partial charge in [-0.3, -0.25) is 0 Å². The fraction of sp³-hybridized carbons (Fsp3) is 0.237. The van der Waals surface area contributed by atoms with Gasteiger partial charge in [0.25, 0.3) is 0 Å². The standard InChI is InChI=1S/5C15H14.3C7H8O.C6H6O2.C6H6O.5C2H6/c5*1-15(2)13-9-5-3-7-11(13)12-8-4-6-10-14(12)15;1-6-2-4-7(8)5-3-6;1-6-3-2-4-7(8)5-6;1-6-4-2-3-5-7(6)8;7-5-3-1-2-4-6(5)8;7-6-4-2-1-3-5-6;5*1-2/h5*3-10H,1-2H3;3*2-5,8H,1H3;1-4,7-8H;1-5,7H;5*1-2H3. The molecule has 0 fully saturated rings. The number of fused-ring (bicyclic) bond motifs is 15. The zero-order valence-electron chi connectivity index (χ0n) is 77.9. The molecule has 0 unspecified atom stereocenters. The molecule has 5 aliphatic rings. The molecule has 0 aromatic heterocycles. The van der Waals surface area contributed by atoms with E-state index in [0.717, 1.165) is 11.1 Å². The Bertz CT molecular complexity index is 4790. The van der Waals surface area contributed by atoms with E-state index in [-0.39, 0.29) is 38.6 Å². The average molecular weight is 1650 g/mol. The third-order valence-electron chi connectivity index (χ3n) is 22.2. The minimum absolute atomic E-state index is 0.0764. The predicted octanol–water partition coefficient (Wildman–Crippen LogP) is 32.7. The van der Waals surface area contributed by atoms with Crippen LogP contribution >= 0.6 is 0 Å². The molecule has 0 amide bonds. The quantitative estimate of drug-likeness (QED) is 0.0842. The molecule has 0 saturated heterocycles. The number of hydrogen-bond donors (Lipinski definition) is 6. The summed E-state index contributed by atoms with van der Waals surface area (Å²) in [5.74, 6) is 1.20. The van der Waals surface area contributed by atoms with Crippen molar-refractivity contribution in [3.8, 4) is 90.1 Å². The highest BCUT2D eigenvalue weighted by atomic mass is 16.3. The summed E-state index contributed by atoms with van der Waals surface area (Å²) in [6.07, 6.45) is 0. The maximum absolute atomic E-state index is 8.92. The molecular formula is C118H136O6. The molecule has 5 aliphatic carbocycles. The molecule has 0 bridgehead atoms. The van der Waals surface area contributed by atoms with Crippen molar-refractivity contribution < 1.29 is 30.6 Å². The van der Waals surface area contributed by atoms with Crippen LogP contribution in [0.25, 0.3) is 55.6 Å². The minimum Gasteiger partial charge on any atom is -0.508 e. The lowest BCUT2D eigenvalue weighted by molar-refractivity contribution is 0.404. The minimum atomic E-state index is -0.0764. The van der Waals surface area contributed by atoms with E-state index in [1.54, 1.807) is 66.7 Å². The average Bonchev–Trinajstić information content (AvgIpc) is 1.62. The summed E-state index contributed by atoms with van der Waals surface area (Å²) in [6, 6.07) is 124. The largest absolute Gasteiger partial charge is 0.508 e. The van der Waals surface area contributed by atoms with Crippen LogP contribution in [0.15, 0.2) is 370 Å². The van der Waals surface area contributed by atoms with Crippen molar-refractivity contribution in [2.45, 2.75) is 186 Å². The van der Waals surface area contributed by atoms with Crippen LogP contribution in [0.4, 0.5) is 0 Å². The summed E-state index contributed by atoms with van der Waals surface area (Å²) < 4.78 is 0. The van der Waals surface area contributed by atoms with Crippen LogP contribution in [0.5, 0.6) is 34.5 Å². The van der Waals surface area contributed by atoms with Crippen LogP contribution in [0.3, 0.4) is 0 Å². The molecule has 15 aromatic carbocycles. The van der Waals surface area contributed by atoms with Crippen LogP contribution in [-0.4, -0.2) is 30.6 Å². The van der Waals surface area contributed by atoms with Gasteiger partial charge < -0.3 is 30.6 Å². The first-order chi connectivity index (χ1) is 59.6. The first-order valence-electron chi connectivity index (χ1n) is 44.1. The third-order valence-corrected chi connectivity index (χ3v) is 22.2. The molecule has 6 heteroatoms. The molecule has 644 valence electrons. The number of hydrogen-bond acceptors (Lipinski definition) is 6. The number of phenols is 6. The second-order valence-corrected chi connectivity index (χ2v) is 31.9. The Labute approximate surface area is 744 Å². The molecule has 0 heterocycles. The van der Waals surface area contributed by atoms with E-state index in [4.69, 9.17) is 30.6 Å². The van der Waals surface area contributed by atoms with Crippen molar-refractivity contribution in [3.05, 3.63) is 442 Å². The molecule has 20 rings (SSSR count). The molecule has 0 radical (unpaired) electrons. The molecule has 124 heavy (non-hydrogen) atoms. The van der Waals surface area contributed by atoms with Crippen LogP contribution in [0.2, 0.25) is 0 Å². The summed E-state index contributed by atoms with van der Waals surface area (Å²) in [4.78, 5) is 0. The van der Waals surface area contributed by atoms with Gasteiger partial charge in [0.05, 0.1) is 0 Å². The Hall–Kier alpha value is -12.9. The SMILES string of the molecule is CC.CC.CC.CC.CC.CC1(C)c2ccccc2-c2ccccc21.CC1(C)c2ccccc2-c2ccccc21.CC1(C)c2ccccc2-c2ccccc21.CC1(C)c2ccccc2-c2ccccc21.CC1(C)c2ccccc2-c2ccccc21.Cc1ccc(O)cc1.Cc1cccc(O)c1.Cc1ccccc1O.Oc1ccccc1.Oc1ccccc1O. The van der Waals surface area contributed by atoms with Gasteiger partial charge in [-0.1, -0.05) is 459 Å². The Kier molecular flexibility index (Phi) is 38.7. The number of para-hydroxylation sites is 4. The first kappa shape index (κ1) is 99.9. The summed E-state index contributed by atoms with van der Waals surface area (Å²) in [7, 11) is 0. The lowest BCUT2D eigenvalue weighted by Gasteiger charge is -2.20. The predicted molar refractivity (Wildman–Crippen MR) is 533 cm³/mol. The molecule has 0 saturated carbocycles. The van der Waals surface area contributed by atoms with E-state index >= 15 is 0 Å². The Morgan fingerprint density at radius 3 is 0.484 bits per heavy atom. The highest BCUT2D eigenvalue weighted by Gasteiger charge is 2.39. The van der Waals surface area contributed by atoms with Crippen molar-refractivity contribution in [1.82, 2.24) is 0 Å². The third kappa shape index (κ3) is 24.7. The summed E-state index contributed by atoms with van der Waals surface area (Å²) in [5.41, 5.74) is 32.5. The van der Waals surface area contributed by atoms with E-state index < -0.39 is 0 Å². The molecule has 6 nitrogen and oxygen atoms in total. The fourth-order valence-corrected chi connectivity index (χ4v) is 16.0. The van der Waals surface area contributed by atoms with Gasteiger partial charge in [-0.25, -0.2) is 0 Å². The van der Waals surface area contributed by atoms with E-state index in [0.29, 0.717) is 23.0 Å². The van der Waals surface area contributed by atoms with Crippen molar-refractivity contribution in [2.75, 3.05) is 0 Å². The van der Waals surface area contributed by atoms with Gasteiger partial charge >= 0.3 is 0 Å². The monoisotopic (exact) mass is 1650 g/mol.